The number of carbonyl (C=O) groups excluding carboxylic acids is 1. The van der Waals surface area contributed by atoms with Crippen LogP contribution in [-0.2, 0) is 11.3 Å². The molecule has 0 radical (unpaired) electrons. The first kappa shape index (κ1) is 20.2. The van der Waals surface area contributed by atoms with Gasteiger partial charge in [-0.3, -0.25) is 4.79 Å². The SMILES string of the molecule is C=CC(=O)NC1CCC=C(c2ccnc3[nH]cc(-c4cc(CNC(C)C)co4)c23)C1. The second-order valence-corrected chi connectivity index (χ2v) is 8.06. The lowest BCUT2D eigenvalue weighted by atomic mass is 9.88. The molecule has 1 aliphatic rings. The quantitative estimate of drug-likeness (QED) is 0.504. The molecule has 0 spiro atoms. The summed E-state index contributed by atoms with van der Waals surface area (Å²) in [6.45, 7) is 8.57. The first-order valence-electron chi connectivity index (χ1n) is 10.4. The van der Waals surface area contributed by atoms with E-state index in [0.29, 0.717) is 6.04 Å². The molecule has 3 aromatic rings. The highest BCUT2D eigenvalue weighted by Gasteiger charge is 2.22. The number of fused-ring (bicyclic) bond motifs is 1. The monoisotopic (exact) mass is 404 g/mol. The molecule has 6 nitrogen and oxygen atoms in total. The molecule has 3 N–H and O–H groups in total. The van der Waals surface area contributed by atoms with E-state index in [0.717, 1.165) is 59.3 Å². The zero-order valence-electron chi connectivity index (χ0n) is 17.5. The maximum absolute atomic E-state index is 11.7. The van der Waals surface area contributed by atoms with Crippen LogP contribution in [0.15, 0.2) is 53.9 Å². The minimum absolute atomic E-state index is 0.110. The highest BCUT2D eigenvalue weighted by Crippen LogP contribution is 2.37. The molecule has 1 unspecified atom stereocenters. The van der Waals surface area contributed by atoms with Gasteiger partial charge in [-0.25, -0.2) is 4.98 Å². The van der Waals surface area contributed by atoms with Crippen LogP contribution in [0.5, 0.6) is 0 Å². The van der Waals surface area contributed by atoms with Crippen LogP contribution < -0.4 is 10.6 Å². The van der Waals surface area contributed by atoms with Crippen LogP contribution in [0, 0.1) is 0 Å². The Morgan fingerprint density at radius 1 is 1.43 bits per heavy atom. The molecular formula is C24H28N4O2. The number of H-pyrrole nitrogens is 1. The Morgan fingerprint density at radius 2 is 2.30 bits per heavy atom. The lowest BCUT2D eigenvalue weighted by molar-refractivity contribution is -0.117. The van der Waals surface area contributed by atoms with Gasteiger partial charge in [0.2, 0.25) is 5.91 Å². The van der Waals surface area contributed by atoms with Crippen molar-refractivity contribution in [2.24, 2.45) is 0 Å². The Balaban J connectivity index is 1.66. The summed E-state index contributed by atoms with van der Waals surface area (Å²) in [7, 11) is 0. The summed E-state index contributed by atoms with van der Waals surface area (Å²) in [4.78, 5) is 19.5. The highest BCUT2D eigenvalue weighted by molar-refractivity contribution is 6.00. The third-order valence-corrected chi connectivity index (χ3v) is 5.46. The number of aromatic amines is 1. The number of hydrogen-bond donors (Lipinski definition) is 3. The van der Waals surface area contributed by atoms with Crippen molar-refractivity contribution in [3.63, 3.8) is 0 Å². The number of allylic oxidation sites excluding steroid dienone is 1. The van der Waals surface area contributed by atoms with Crippen LogP contribution in [0.1, 0.15) is 44.2 Å². The number of rotatable bonds is 7. The molecular weight excluding hydrogens is 376 g/mol. The third kappa shape index (κ3) is 4.24. The molecule has 3 aromatic heterocycles. The minimum Gasteiger partial charge on any atom is -0.464 e. The number of pyridine rings is 1. The van der Waals surface area contributed by atoms with Gasteiger partial charge in [-0.1, -0.05) is 26.5 Å². The Morgan fingerprint density at radius 3 is 3.10 bits per heavy atom. The molecule has 1 atom stereocenters. The predicted octanol–water partition coefficient (Wildman–Crippen LogP) is 4.56. The van der Waals surface area contributed by atoms with Crippen molar-refractivity contribution in [2.45, 2.75) is 51.7 Å². The number of furan rings is 1. The zero-order chi connectivity index (χ0) is 21.1. The van der Waals surface area contributed by atoms with Crippen molar-refractivity contribution < 1.29 is 9.21 Å². The number of aromatic nitrogens is 2. The summed E-state index contributed by atoms with van der Waals surface area (Å²) in [6.07, 6.45) is 11.8. The molecule has 4 rings (SSSR count). The van der Waals surface area contributed by atoms with E-state index in [1.165, 1.54) is 11.6 Å². The van der Waals surface area contributed by atoms with E-state index in [-0.39, 0.29) is 11.9 Å². The van der Waals surface area contributed by atoms with Gasteiger partial charge in [-0.2, -0.15) is 0 Å². The Hall–Kier alpha value is -3.12. The van der Waals surface area contributed by atoms with Crippen molar-refractivity contribution >= 4 is 22.5 Å². The van der Waals surface area contributed by atoms with E-state index < -0.39 is 0 Å². The molecule has 3 heterocycles. The molecule has 0 fully saturated rings. The van der Waals surface area contributed by atoms with E-state index in [1.54, 1.807) is 6.26 Å². The molecule has 0 aliphatic heterocycles. The smallest absolute Gasteiger partial charge is 0.243 e. The summed E-state index contributed by atoms with van der Waals surface area (Å²) in [5, 5.41) is 7.50. The third-order valence-electron chi connectivity index (χ3n) is 5.46. The normalized spacial score (nSPS) is 16.6. The number of hydrogen-bond acceptors (Lipinski definition) is 4. The predicted molar refractivity (Wildman–Crippen MR) is 120 cm³/mol. The maximum Gasteiger partial charge on any atom is 0.243 e. The maximum atomic E-state index is 11.7. The van der Waals surface area contributed by atoms with Crippen LogP contribution >= 0.6 is 0 Å². The summed E-state index contributed by atoms with van der Waals surface area (Å²) in [5.74, 6) is 0.700. The topological polar surface area (TPSA) is 83.0 Å². The number of nitrogens with zero attached hydrogens (tertiary/aromatic N) is 1. The van der Waals surface area contributed by atoms with Crippen molar-refractivity contribution in [2.75, 3.05) is 0 Å². The van der Waals surface area contributed by atoms with Gasteiger partial charge in [-0.05, 0) is 48.6 Å². The molecule has 0 saturated heterocycles. The second-order valence-electron chi connectivity index (χ2n) is 8.06. The van der Waals surface area contributed by atoms with Gasteiger partial charge in [0.15, 0.2) is 0 Å². The number of amides is 1. The molecule has 156 valence electrons. The summed E-state index contributed by atoms with van der Waals surface area (Å²) >= 11 is 0. The van der Waals surface area contributed by atoms with Crippen molar-refractivity contribution in [3.05, 3.63) is 60.6 Å². The van der Waals surface area contributed by atoms with Gasteiger partial charge < -0.3 is 20.0 Å². The van der Waals surface area contributed by atoms with Crippen molar-refractivity contribution in [1.82, 2.24) is 20.6 Å². The van der Waals surface area contributed by atoms with E-state index in [2.05, 4.69) is 53.2 Å². The molecule has 1 aliphatic carbocycles. The van der Waals surface area contributed by atoms with Crippen LogP contribution in [0.25, 0.3) is 27.9 Å². The zero-order valence-corrected chi connectivity index (χ0v) is 17.5. The second kappa shape index (κ2) is 8.71. The summed E-state index contributed by atoms with van der Waals surface area (Å²) in [6, 6.07) is 4.66. The average Bonchev–Trinajstić information content (AvgIpc) is 3.39. The highest BCUT2D eigenvalue weighted by atomic mass is 16.3. The molecule has 0 aromatic carbocycles. The molecule has 6 heteroatoms. The van der Waals surface area contributed by atoms with E-state index in [9.17, 15) is 4.79 Å². The fourth-order valence-corrected chi connectivity index (χ4v) is 3.96. The van der Waals surface area contributed by atoms with Crippen LogP contribution in [0.2, 0.25) is 0 Å². The van der Waals surface area contributed by atoms with E-state index in [1.807, 2.05) is 18.5 Å². The average molecular weight is 405 g/mol. The van der Waals surface area contributed by atoms with Gasteiger partial charge in [0.05, 0.1) is 6.26 Å². The van der Waals surface area contributed by atoms with E-state index >= 15 is 0 Å². The fourth-order valence-electron chi connectivity index (χ4n) is 3.96. The van der Waals surface area contributed by atoms with Gasteiger partial charge >= 0.3 is 0 Å². The Bertz CT molecular complexity index is 1090. The summed E-state index contributed by atoms with van der Waals surface area (Å²) < 4.78 is 5.90. The minimum atomic E-state index is -0.124. The van der Waals surface area contributed by atoms with Gasteiger partial charge in [-0.15, -0.1) is 0 Å². The largest absolute Gasteiger partial charge is 0.464 e. The van der Waals surface area contributed by atoms with Crippen LogP contribution in [0.4, 0.5) is 0 Å². The van der Waals surface area contributed by atoms with Gasteiger partial charge in [0, 0.05) is 47.5 Å². The lowest BCUT2D eigenvalue weighted by Gasteiger charge is -2.24. The van der Waals surface area contributed by atoms with E-state index in [4.69, 9.17) is 4.42 Å². The molecule has 1 amide bonds. The van der Waals surface area contributed by atoms with Gasteiger partial charge in [0.1, 0.15) is 11.4 Å². The van der Waals surface area contributed by atoms with Crippen molar-refractivity contribution in [1.29, 1.82) is 0 Å². The van der Waals surface area contributed by atoms with Crippen LogP contribution in [-0.4, -0.2) is 28.0 Å². The standard InChI is InChI=1S/C24H28N4O2/c1-4-22(29)28-18-7-5-6-17(11-18)19-8-9-25-24-23(19)20(13-27-24)21-10-16(14-30-21)12-26-15(2)3/h4,6,8-10,13-15,18,26H,1,5,7,11-12H2,2-3H3,(H,25,27)(H,28,29). The lowest BCUT2D eigenvalue weighted by Crippen LogP contribution is -2.34. The first-order valence-corrected chi connectivity index (χ1v) is 10.4. The summed E-state index contributed by atoms with van der Waals surface area (Å²) in [5.41, 5.74) is 5.30. The van der Waals surface area contributed by atoms with Crippen LogP contribution in [0.3, 0.4) is 0 Å². The molecule has 0 saturated carbocycles. The number of nitrogens with one attached hydrogen (secondary N) is 3. The first-order chi connectivity index (χ1) is 14.5. The Kier molecular flexibility index (Phi) is 5.86. The molecule has 0 bridgehead atoms. The molecule has 30 heavy (non-hydrogen) atoms. The van der Waals surface area contributed by atoms with Crippen molar-refractivity contribution in [3.8, 4) is 11.3 Å². The fraction of sp³-hybridized carbons (Fsp3) is 0.333. The number of carbonyl (C=O) groups is 1. The Labute approximate surface area is 176 Å². The van der Waals surface area contributed by atoms with Gasteiger partial charge in [0.25, 0.3) is 0 Å².